The molecule has 0 unspecified atom stereocenters. The van der Waals surface area contributed by atoms with E-state index in [2.05, 4.69) is 4.74 Å². The van der Waals surface area contributed by atoms with Crippen molar-refractivity contribution in [2.24, 2.45) is 5.73 Å². The second kappa shape index (κ2) is 9.63. The smallest absolute Gasteiger partial charge is 0.494 e. The molecule has 0 aliphatic rings. The number of alkyl halides is 3. The monoisotopic (exact) mass is 421 g/mol. The van der Waals surface area contributed by atoms with Gasteiger partial charge in [0, 0.05) is 4.90 Å². The van der Waals surface area contributed by atoms with Crippen LogP contribution in [0.4, 0.5) is 22.0 Å². The van der Waals surface area contributed by atoms with E-state index < -0.39 is 29.5 Å². The van der Waals surface area contributed by atoms with Gasteiger partial charge in [0.1, 0.15) is 22.9 Å². The highest BCUT2D eigenvalue weighted by Gasteiger charge is 2.30. The molecule has 0 saturated carbocycles. The molecule has 0 radical (unpaired) electrons. The van der Waals surface area contributed by atoms with Crippen molar-refractivity contribution in [3.63, 3.8) is 0 Å². The molecule has 0 aliphatic carbocycles. The molecular weight excluding hydrogens is 405 g/mol. The molecule has 1 amide bonds. The molecule has 0 bridgehead atoms. The number of thioether (sulfide) groups is 1. The normalized spacial score (nSPS) is 11.3. The molecule has 0 aromatic heterocycles. The average Bonchev–Trinajstić information content (AvgIpc) is 2.59. The Morgan fingerprint density at radius 2 is 1.64 bits per heavy atom. The van der Waals surface area contributed by atoms with Crippen molar-refractivity contribution in [3.05, 3.63) is 53.6 Å². The third-order valence-electron chi connectivity index (χ3n) is 3.42. The molecule has 2 aromatic rings. The number of hydrogen-bond donors (Lipinski definition) is 1. The van der Waals surface area contributed by atoms with Gasteiger partial charge in [-0.3, -0.25) is 4.79 Å². The van der Waals surface area contributed by atoms with Gasteiger partial charge in [0.25, 0.3) is 5.91 Å². The van der Waals surface area contributed by atoms with E-state index in [1.807, 2.05) is 0 Å². The first kappa shape index (κ1) is 21.8. The van der Waals surface area contributed by atoms with Crippen LogP contribution in [0.2, 0.25) is 0 Å². The van der Waals surface area contributed by atoms with Crippen LogP contribution in [0.5, 0.6) is 11.5 Å². The lowest BCUT2D eigenvalue weighted by Gasteiger charge is -2.10. The minimum atomic E-state index is -4.75. The number of benzene rings is 2. The molecule has 0 aliphatic heterocycles. The van der Waals surface area contributed by atoms with Crippen LogP contribution in [0.3, 0.4) is 0 Å². The van der Waals surface area contributed by atoms with Crippen molar-refractivity contribution in [1.29, 1.82) is 0 Å². The molecule has 0 saturated heterocycles. The number of carbonyl (C=O) groups is 1. The maximum atomic E-state index is 14.0. The van der Waals surface area contributed by atoms with Crippen LogP contribution in [-0.2, 0) is 0 Å². The number of unbranched alkanes of at least 4 members (excludes halogenated alkanes) is 1. The Hall–Kier alpha value is -2.49. The van der Waals surface area contributed by atoms with Crippen molar-refractivity contribution < 1.29 is 36.2 Å². The van der Waals surface area contributed by atoms with E-state index in [-0.39, 0.29) is 10.6 Å². The van der Waals surface area contributed by atoms with Gasteiger partial charge < -0.3 is 15.2 Å². The molecule has 0 atom stereocenters. The van der Waals surface area contributed by atoms with Crippen molar-refractivity contribution in [3.8, 4) is 11.5 Å². The molecule has 28 heavy (non-hydrogen) atoms. The van der Waals surface area contributed by atoms with Crippen LogP contribution in [-0.4, -0.2) is 24.6 Å². The molecule has 152 valence electrons. The van der Waals surface area contributed by atoms with Crippen molar-refractivity contribution >= 4 is 17.7 Å². The van der Waals surface area contributed by atoms with Gasteiger partial charge in [-0.15, -0.1) is 24.9 Å². The van der Waals surface area contributed by atoms with E-state index in [9.17, 15) is 26.7 Å². The van der Waals surface area contributed by atoms with E-state index in [1.54, 1.807) is 0 Å². The first-order chi connectivity index (χ1) is 13.2. The van der Waals surface area contributed by atoms with E-state index in [0.29, 0.717) is 31.0 Å². The summed E-state index contributed by atoms with van der Waals surface area (Å²) in [6.45, 7) is 0.304. The quantitative estimate of drug-likeness (QED) is 0.355. The topological polar surface area (TPSA) is 61.6 Å². The number of nitrogens with two attached hydrogens (primary N) is 1. The number of rotatable bonds is 9. The number of amides is 1. The fourth-order valence-electron chi connectivity index (χ4n) is 2.18. The van der Waals surface area contributed by atoms with Gasteiger partial charge in [-0.2, -0.15) is 0 Å². The summed E-state index contributed by atoms with van der Waals surface area (Å²) < 4.78 is 72.8. The lowest BCUT2D eigenvalue weighted by molar-refractivity contribution is -0.274. The van der Waals surface area contributed by atoms with Crippen LogP contribution < -0.4 is 15.2 Å². The highest BCUT2D eigenvalue weighted by Crippen LogP contribution is 2.27. The number of carbonyl (C=O) groups excluding carboxylic acids is 1. The summed E-state index contributed by atoms with van der Waals surface area (Å²) >= 11 is 1.11. The van der Waals surface area contributed by atoms with Gasteiger partial charge >= 0.3 is 6.36 Å². The molecule has 4 nitrogen and oxygen atoms in total. The van der Waals surface area contributed by atoms with E-state index in [4.69, 9.17) is 10.5 Å². The number of halogens is 5. The lowest BCUT2D eigenvalue weighted by atomic mass is 10.2. The first-order valence-corrected chi connectivity index (χ1v) is 9.05. The fraction of sp³-hybridized carbons (Fsp3) is 0.278. The molecule has 0 fully saturated rings. The first-order valence-electron chi connectivity index (χ1n) is 8.06. The SMILES string of the molecule is NC(=O)c1c(F)ccc(SCCCCOc2ccc(OC(F)(F)F)cc2)c1F. The second-order valence-electron chi connectivity index (χ2n) is 5.52. The van der Waals surface area contributed by atoms with Crippen molar-refractivity contribution in [2.75, 3.05) is 12.4 Å². The standard InChI is InChI=1S/C18H16F5NO3S/c19-13-7-8-14(16(20)15(13)17(24)25)28-10-2-1-9-26-11-3-5-12(6-4-11)27-18(21,22)23/h3-8H,1-2,9-10H2,(H2,24,25). The van der Waals surface area contributed by atoms with Crippen LogP contribution >= 0.6 is 11.8 Å². The van der Waals surface area contributed by atoms with Gasteiger partial charge in [0.15, 0.2) is 5.82 Å². The van der Waals surface area contributed by atoms with Crippen molar-refractivity contribution in [2.45, 2.75) is 24.1 Å². The minimum absolute atomic E-state index is 0.122. The number of primary amides is 1. The zero-order valence-corrected chi connectivity index (χ0v) is 15.2. The summed E-state index contributed by atoms with van der Waals surface area (Å²) in [6, 6.07) is 7.23. The van der Waals surface area contributed by atoms with Crippen LogP contribution in [0.25, 0.3) is 0 Å². The van der Waals surface area contributed by atoms with Crippen LogP contribution in [0.1, 0.15) is 23.2 Å². The van der Waals surface area contributed by atoms with Gasteiger partial charge in [0.05, 0.1) is 6.61 Å². The fourth-order valence-corrected chi connectivity index (χ4v) is 3.15. The summed E-state index contributed by atoms with van der Waals surface area (Å²) in [5.74, 6) is -2.62. The summed E-state index contributed by atoms with van der Waals surface area (Å²) in [4.78, 5) is 11.2. The summed E-state index contributed by atoms with van der Waals surface area (Å²) in [5, 5.41) is 0. The van der Waals surface area contributed by atoms with E-state index in [0.717, 1.165) is 30.0 Å². The van der Waals surface area contributed by atoms with Crippen molar-refractivity contribution in [1.82, 2.24) is 0 Å². The van der Waals surface area contributed by atoms with Gasteiger partial charge in [-0.05, 0) is 55.0 Å². The van der Waals surface area contributed by atoms with Gasteiger partial charge in [0.2, 0.25) is 0 Å². The molecular formula is C18H16F5NO3S. The Morgan fingerprint density at radius 1 is 1.00 bits per heavy atom. The molecule has 0 heterocycles. The van der Waals surface area contributed by atoms with Gasteiger partial charge in [-0.1, -0.05) is 0 Å². The Labute approximate surface area is 161 Å². The number of hydrogen-bond acceptors (Lipinski definition) is 4. The number of ether oxygens (including phenoxy) is 2. The minimum Gasteiger partial charge on any atom is -0.494 e. The summed E-state index contributed by atoms with van der Waals surface area (Å²) in [5.41, 5.74) is 4.21. The van der Waals surface area contributed by atoms with Crippen LogP contribution in [0.15, 0.2) is 41.3 Å². The lowest BCUT2D eigenvalue weighted by Crippen LogP contribution is -2.16. The molecule has 10 heteroatoms. The third kappa shape index (κ3) is 6.59. The maximum Gasteiger partial charge on any atom is 0.573 e. The predicted octanol–water partition coefficient (Wildman–Crippen LogP) is 4.91. The van der Waals surface area contributed by atoms with E-state index in [1.165, 1.54) is 18.2 Å². The molecule has 2 rings (SSSR count). The summed E-state index contributed by atoms with van der Waals surface area (Å²) in [6.07, 6.45) is -3.52. The Kier molecular flexibility index (Phi) is 7.50. The zero-order chi connectivity index (χ0) is 20.7. The molecule has 0 spiro atoms. The summed E-state index contributed by atoms with van der Waals surface area (Å²) in [7, 11) is 0. The average molecular weight is 421 g/mol. The third-order valence-corrected chi connectivity index (χ3v) is 4.54. The van der Waals surface area contributed by atoms with Crippen LogP contribution in [0, 0.1) is 11.6 Å². The maximum absolute atomic E-state index is 14.0. The Bertz CT molecular complexity index is 812. The second-order valence-corrected chi connectivity index (χ2v) is 6.66. The molecule has 2 N–H and O–H groups in total. The van der Waals surface area contributed by atoms with Gasteiger partial charge in [-0.25, -0.2) is 8.78 Å². The Morgan fingerprint density at radius 3 is 2.25 bits per heavy atom. The largest absolute Gasteiger partial charge is 0.573 e. The zero-order valence-electron chi connectivity index (χ0n) is 14.4. The molecule has 2 aromatic carbocycles. The highest BCUT2D eigenvalue weighted by molar-refractivity contribution is 7.99. The predicted molar refractivity (Wildman–Crippen MR) is 93.5 cm³/mol. The highest BCUT2D eigenvalue weighted by atomic mass is 32.2. The van der Waals surface area contributed by atoms with E-state index >= 15 is 0 Å². The Balaban J connectivity index is 1.73.